The Morgan fingerprint density at radius 1 is 1.27 bits per heavy atom. The first-order valence-electron chi connectivity index (χ1n) is 5.22. The molecule has 2 aromatic heterocycles. The lowest BCUT2D eigenvalue weighted by molar-refractivity contribution is 0.949. The fraction of sp³-hybridized carbons (Fsp3) is 0.364. The molecule has 0 atom stereocenters. The third-order valence-electron chi connectivity index (χ3n) is 2.92. The van der Waals surface area contributed by atoms with Crippen LogP contribution in [0.3, 0.4) is 0 Å². The molecule has 0 spiro atoms. The molecule has 1 aliphatic rings. The molecule has 3 rings (SSSR count). The highest BCUT2D eigenvalue weighted by Gasteiger charge is 2.13. The summed E-state index contributed by atoms with van der Waals surface area (Å²) < 4.78 is 3.05. The predicted octanol–water partition coefficient (Wildman–Crippen LogP) is 2.70. The van der Waals surface area contributed by atoms with Gasteiger partial charge in [-0.1, -0.05) is 0 Å². The molecule has 0 aliphatic carbocycles. The van der Waals surface area contributed by atoms with Crippen LogP contribution < -0.4 is 4.90 Å². The van der Waals surface area contributed by atoms with E-state index in [9.17, 15) is 0 Å². The second kappa shape index (κ2) is 3.52. The highest BCUT2D eigenvalue weighted by Crippen LogP contribution is 2.22. The van der Waals surface area contributed by atoms with E-state index in [0.29, 0.717) is 0 Å². The Morgan fingerprint density at radius 3 is 2.87 bits per heavy atom. The fourth-order valence-electron chi connectivity index (χ4n) is 2.11. The van der Waals surface area contributed by atoms with Crippen molar-refractivity contribution in [2.45, 2.75) is 12.8 Å². The predicted molar refractivity (Wildman–Crippen MR) is 64.3 cm³/mol. The maximum atomic E-state index is 4.34. The number of nitrogens with zero attached hydrogens (tertiary/aromatic N) is 3. The molecule has 0 saturated carbocycles. The first kappa shape index (κ1) is 9.21. The summed E-state index contributed by atoms with van der Waals surface area (Å²) in [6.07, 6.45) is 6.52. The first-order valence-corrected chi connectivity index (χ1v) is 6.01. The molecule has 0 N–H and O–H groups in total. The molecular formula is C11H12BrN3. The number of fused-ring (bicyclic) bond motifs is 1. The van der Waals surface area contributed by atoms with E-state index in [-0.39, 0.29) is 0 Å². The van der Waals surface area contributed by atoms with Gasteiger partial charge in [-0.2, -0.15) is 0 Å². The Balaban J connectivity index is 2.05. The average molecular weight is 266 g/mol. The van der Waals surface area contributed by atoms with E-state index in [1.807, 2.05) is 10.6 Å². The van der Waals surface area contributed by atoms with Crippen LogP contribution in [0.15, 0.2) is 29.1 Å². The smallest absolute Gasteiger partial charge is 0.139 e. The normalized spacial score (nSPS) is 16.5. The highest BCUT2D eigenvalue weighted by molar-refractivity contribution is 9.10. The minimum atomic E-state index is 1.01. The molecule has 78 valence electrons. The van der Waals surface area contributed by atoms with Gasteiger partial charge in [-0.3, -0.25) is 4.40 Å². The molecule has 3 nitrogen and oxygen atoms in total. The topological polar surface area (TPSA) is 20.5 Å². The largest absolute Gasteiger partial charge is 0.371 e. The van der Waals surface area contributed by atoms with Crippen LogP contribution in [-0.2, 0) is 0 Å². The van der Waals surface area contributed by atoms with E-state index in [2.05, 4.69) is 44.1 Å². The summed E-state index contributed by atoms with van der Waals surface area (Å²) >= 11 is 3.46. The molecule has 2 aromatic rings. The zero-order chi connectivity index (χ0) is 10.3. The van der Waals surface area contributed by atoms with Crippen molar-refractivity contribution >= 4 is 27.3 Å². The monoisotopic (exact) mass is 265 g/mol. The maximum Gasteiger partial charge on any atom is 0.139 e. The van der Waals surface area contributed by atoms with Crippen LogP contribution in [-0.4, -0.2) is 22.5 Å². The second-order valence-corrected chi connectivity index (χ2v) is 4.70. The van der Waals surface area contributed by atoms with E-state index in [1.165, 1.54) is 31.6 Å². The number of imidazole rings is 1. The van der Waals surface area contributed by atoms with Crippen LogP contribution in [0.2, 0.25) is 0 Å². The summed E-state index contributed by atoms with van der Waals surface area (Å²) in [6, 6.07) is 4.31. The van der Waals surface area contributed by atoms with Gasteiger partial charge in [0, 0.05) is 31.0 Å². The number of hydrogen-bond donors (Lipinski definition) is 0. The van der Waals surface area contributed by atoms with Crippen molar-refractivity contribution in [2.24, 2.45) is 0 Å². The van der Waals surface area contributed by atoms with E-state index < -0.39 is 0 Å². The van der Waals surface area contributed by atoms with Gasteiger partial charge in [0.05, 0.1) is 6.20 Å². The Hall–Kier alpha value is -1.03. The van der Waals surface area contributed by atoms with Gasteiger partial charge in [0.25, 0.3) is 0 Å². The van der Waals surface area contributed by atoms with Crippen LogP contribution in [0.4, 0.5) is 5.69 Å². The Kier molecular flexibility index (Phi) is 2.16. The van der Waals surface area contributed by atoms with Crippen molar-refractivity contribution in [1.82, 2.24) is 9.38 Å². The third-order valence-corrected chi connectivity index (χ3v) is 3.51. The molecular weight excluding hydrogens is 254 g/mol. The van der Waals surface area contributed by atoms with Gasteiger partial charge in [-0.25, -0.2) is 4.98 Å². The average Bonchev–Trinajstić information content (AvgIpc) is 2.88. The lowest BCUT2D eigenvalue weighted by Gasteiger charge is -2.17. The SMILES string of the molecule is Brc1cnc2cc(N3CCCC3)ccn12. The van der Waals surface area contributed by atoms with Gasteiger partial charge < -0.3 is 4.90 Å². The van der Waals surface area contributed by atoms with Crippen molar-refractivity contribution in [3.05, 3.63) is 29.1 Å². The highest BCUT2D eigenvalue weighted by atomic mass is 79.9. The Labute approximate surface area is 96.9 Å². The summed E-state index contributed by atoms with van der Waals surface area (Å²) in [7, 11) is 0. The zero-order valence-corrected chi connectivity index (χ0v) is 9.94. The van der Waals surface area contributed by atoms with E-state index in [0.717, 1.165) is 10.3 Å². The van der Waals surface area contributed by atoms with Crippen molar-refractivity contribution in [1.29, 1.82) is 0 Å². The maximum absolute atomic E-state index is 4.34. The minimum Gasteiger partial charge on any atom is -0.371 e. The standard InChI is InChI=1S/C11H12BrN3/c12-10-8-13-11-7-9(3-6-15(10)11)14-4-1-2-5-14/h3,6-8H,1-2,4-5H2. The molecule has 0 bridgehead atoms. The van der Waals surface area contributed by atoms with E-state index in [4.69, 9.17) is 0 Å². The number of aromatic nitrogens is 2. The molecule has 4 heteroatoms. The number of pyridine rings is 1. The molecule has 0 aromatic carbocycles. The molecule has 1 fully saturated rings. The number of halogens is 1. The molecule has 1 saturated heterocycles. The zero-order valence-electron chi connectivity index (χ0n) is 8.36. The molecule has 0 unspecified atom stereocenters. The molecule has 3 heterocycles. The number of hydrogen-bond acceptors (Lipinski definition) is 2. The van der Waals surface area contributed by atoms with Gasteiger partial charge in [0.15, 0.2) is 0 Å². The van der Waals surface area contributed by atoms with Crippen molar-refractivity contribution in [3.63, 3.8) is 0 Å². The lowest BCUT2D eigenvalue weighted by atomic mass is 10.3. The van der Waals surface area contributed by atoms with Crippen LogP contribution in [0.5, 0.6) is 0 Å². The van der Waals surface area contributed by atoms with Crippen molar-refractivity contribution < 1.29 is 0 Å². The summed E-state index contributed by atoms with van der Waals surface area (Å²) in [6.45, 7) is 2.36. The Bertz CT molecular complexity index is 486. The number of anilines is 1. The van der Waals surface area contributed by atoms with Crippen molar-refractivity contribution in [3.8, 4) is 0 Å². The van der Waals surface area contributed by atoms with Crippen LogP contribution in [0.25, 0.3) is 5.65 Å². The lowest BCUT2D eigenvalue weighted by Crippen LogP contribution is -2.17. The van der Waals surface area contributed by atoms with Gasteiger partial charge in [0.2, 0.25) is 0 Å². The second-order valence-electron chi connectivity index (χ2n) is 3.89. The van der Waals surface area contributed by atoms with Gasteiger partial charge in [0.1, 0.15) is 10.3 Å². The van der Waals surface area contributed by atoms with E-state index >= 15 is 0 Å². The van der Waals surface area contributed by atoms with Gasteiger partial charge in [-0.05, 0) is 34.8 Å². The van der Waals surface area contributed by atoms with E-state index in [1.54, 1.807) is 0 Å². The first-order chi connectivity index (χ1) is 7.34. The van der Waals surface area contributed by atoms with Crippen molar-refractivity contribution in [2.75, 3.05) is 18.0 Å². The van der Waals surface area contributed by atoms with Gasteiger partial charge >= 0.3 is 0 Å². The summed E-state index contributed by atoms with van der Waals surface area (Å²) in [4.78, 5) is 6.76. The Morgan fingerprint density at radius 2 is 2.07 bits per heavy atom. The molecule has 0 amide bonds. The van der Waals surface area contributed by atoms with Gasteiger partial charge in [-0.15, -0.1) is 0 Å². The van der Waals surface area contributed by atoms with Crippen LogP contribution in [0.1, 0.15) is 12.8 Å². The fourth-order valence-corrected chi connectivity index (χ4v) is 2.51. The van der Waals surface area contributed by atoms with Crippen LogP contribution >= 0.6 is 15.9 Å². The van der Waals surface area contributed by atoms with Crippen LogP contribution in [0, 0.1) is 0 Å². The summed E-state index contributed by atoms with van der Waals surface area (Å²) in [5.74, 6) is 0. The quantitative estimate of drug-likeness (QED) is 0.791. The minimum absolute atomic E-state index is 1.01. The molecule has 1 aliphatic heterocycles. The summed E-state index contributed by atoms with van der Waals surface area (Å²) in [5, 5.41) is 0. The number of rotatable bonds is 1. The third kappa shape index (κ3) is 1.53. The molecule has 15 heavy (non-hydrogen) atoms. The summed E-state index contributed by atoms with van der Waals surface area (Å²) in [5.41, 5.74) is 2.30. The molecule has 0 radical (unpaired) electrons.